The van der Waals surface area contributed by atoms with Gasteiger partial charge >= 0.3 is 30.4 Å². The van der Waals surface area contributed by atoms with E-state index in [2.05, 4.69) is 41.5 Å². The minimum Gasteiger partial charge on any atom is -0.190 e. The Balaban J connectivity index is 2.08. The Morgan fingerprint density at radius 1 is 0.697 bits per heavy atom. The van der Waals surface area contributed by atoms with Crippen LogP contribution in [-0.2, 0) is 23.5 Å². The minimum atomic E-state index is -4.13. The van der Waals surface area contributed by atoms with Gasteiger partial charge in [-0.1, -0.05) is 89.0 Å². The lowest BCUT2D eigenvalue weighted by Gasteiger charge is -2.19. The minimum absolute atomic E-state index is 0.00677. The Morgan fingerprint density at radius 2 is 1.12 bits per heavy atom. The molecule has 3 aromatic carbocycles. The molecule has 0 aliphatic carbocycles. The summed E-state index contributed by atoms with van der Waals surface area (Å²) in [5.41, 5.74) is 2.33. The first-order valence-electron chi connectivity index (χ1n) is 10.5. The van der Waals surface area contributed by atoms with Crippen LogP contribution >= 0.6 is 23.2 Å². The Kier molecular flexibility index (Phi) is 7.91. The molecule has 0 spiro atoms. The Bertz CT molecular complexity index is 1170. The van der Waals surface area contributed by atoms with Gasteiger partial charge in [-0.15, -0.1) is 0 Å². The molecule has 0 bridgehead atoms. The standard InChI is InChI=1S/C26H29Cl2IO3S/c1-25(2,3)18-7-12-21(13-8-18)29(22-14-9-19(10-15-22)26(4,5)6)32-33(30,31)24-17-20(27)11-16-23(24)28/h7-17H,1-6H3/q+1. The van der Waals surface area contributed by atoms with Crippen LogP contribution in [0.25, 0.3) is 0 Å². The van der Waals surface area contributed by atoms with E-state index in [0.29, 0.717) is 0 Å². The van der Waals surface area contributed by atoms with Crippen LogP contribution in [0.15, 0.2) is 71.6 Å². The summed E-state index contributed by atoms with van der Waals surface area (Å²) in [5, 5.41) is 0.368. The van der Waals surface area contributed by atoms with Crippen molar-refractivity contribution >= 4 is 33.3 Å². The summed E-state index contributed by atoms with van der Waals surface area (Å²) in [6.45, 7) is 12.9. The van der Waals surface area contributed by atoms with Crippen LogP contribution < -0.4 is 20.2 Å². The van der Waals surface area contributed by atoms with Crippen molar-refractivity contribution in [2.45, 2.75) is 57.3 Å². The number of hydrogen-bond donors (Lipinski definition) is 0. The summed E-state index contributed by atoms with van der Waals surface area (Å²) in [7, 11) is -4.13. The highest BCUT2D eigenvalue weighted by molar-refractivity contribution is 7.86. The van der Waals surface area contributed by atoms with E-state index in [1.807, 2.05) is 48.5 Å². The molecular formula is C26H29Cl2IO3S+. The average Bonchev–Trinajstić information content (AvgIpc) is 2.73. The van der Waals surface area contributed by atoms with Crippen LogP contribution in [0.2, 0.25) is 10.0 Å². The summed E-state index contributed by atoms with van der Waals surface area (Å²) < 4.78 is 34.3. The Morgan fingerprint density at radius 3 is 1.52 bits per heavy atom. The molecule has 7 heteroatoms. The summed E-state index contributed by atoms with van der Waals surface area (Å²) in [6, 6.07) is 20.5. The lowest BCUT2D eigenvalue weighted by molar-refractivity contribution is -1.03. The van der Waals surface area contributed by atoms with Gasteiger partial charge in [-0.2, -0.15) is 8.42 Å². The summed E-state index contributed by atoms with van der Waals surface area (Å²) in [5.74, 6) is 0. The predicted octanol–water partition coefficient (Wildman–Crippen LogP) is 4.57. The van der Waals surface area contributed by atoms with Crippen molar-refractivity contribution in [2.24, 2.45) is 0 Å². The van der Waals surface area contributed by atoms with Crippen molar-refractivity contribution in [3.8, 4) is 0 Å². The van der Waals surface area contributed by atoms with Crippen LogP contribution in [0.4, 0.5) is 0 Å². The van der Waals surface area contributed by atoms with Crippen LogP contribution in [0.5, 0.6) is 0 Å². The highest BCUT2D eigenvalue weighted by Gasteiger charge is 2.39. The number of rotatable bonds is 5. The van der Waals surface area contributed by atoms with E-state index >= 15 is 0 Å². The average molecular weight is 619 g/mol. The molecule has 33 heavy (non-hydrogen) atoms. The van der Waals surface area contributed by atoms with Gasteiger partial charge in [0.2, 0.25) is 0 Å². The van der Waals surface area contributed by atoms with E-state index in [1.54, 1.807) is 6.07 Å². The molecule has 0 saturated heterocycles. The topological polar surface area (TPSA) is 43.4 Å². The van der Waals surface area contributed by atoms with Gasteiger partial charge in [-0.05, 0) is 66.9 Å². The third-order valence-corrected chi connectivity index (χ3v) is 13.2. The van der Waals surface area contributed by atoms with Crippen LogP contribution in [-0.4, -0.2) is 8.42 Å². The van der Waals surface area contributed by atoms with Gasteiger partial charge in [0.25, 0.3) is 0 Å². The lowest BCUT2D eigenvalue weighted by atomic mass is 9.87. The molecule has 3 rings (SSSR count). The third-order valence-electron chi connectivity index (χ3n) is 5.13. The SMILES string of the molecule is CC(C)(C)c1ccc([I+](OS(=O)(=O)c2cc(Cl)ccc2Cl)c2ccc(C(C)(C)C)cc2)cc1. The van der Waals surface area contributed by atoms with Gasteiger partial charge in [0, 0.05) is 5.02 Å². The molecule has 0 aliphatic rings. The largest absolute Gasteiger partial charge is 0.337 e. The zero-order valence-electron chi connectivity index (χ0n) is 19.6. The summed E-state index contributed by atoms with van der Waals surface area (Å²) >= 11 is 9.40. The van der Waals surface area contributed by atoms with Gasteiger partial charge in [0.15, 0.2) is 7.14 Å². The second-order valence-electron chi connectivity index (χ2n) is 9.85. The fraction of sp³-hybridized carbons (Fsp3) is 0.308. The molecule has 1 radical (unpaired) electrons. The molecule has 0 N–H and O–H groups in total. The molecule has 0 fully saturated rings. The van der Waals surface area contributed by atoms with Crippen molar-refractivity contribution in [1.82, 2.24) is 0 Å². The maximum absolute atomic E-state index is 13.3. The Labute approximate surface area is 215 Å². The zero-order valence-corrected chi connectivity index (χ0v) is 24.1. The van der Waals surface area contributed by atoms with Crippen molar-refractivity contribution in [1.29, 1.82) is 0 Å². The van der Waals surface area contributed by atoms with E-state index in [-0.39, 0.29) is 25.8 Å². The highest BCUT2D eigenvalue weighted by Crippen LogP contribution is 2.26. The molecule has 0 atom stereocenters. The molecule has 0 amide bonds. The van der Waals surface area contributed by atoms with E-state index in [0.717, 1.165) is 7.14 Å². The van der Waals surface area contributed by atoms with E-state index in [4.69, 9.17) is 25.7 Å². The fourth-order valence-corrected chi connectivity index (χ4v) is 10.7. The maximum Gasteiger partial charge on any atom is 0.337 e. The van der Waals surface area contributed by atoms with Gasteiger partial charge in [0.05, 0.1) is 5.02 Å². The monoisotopic (exact) mass is 618 g/mol. The smallest absolute Gasteiger partial charge is 0.190 e. The van der Waals surface area contributed by atoms with E-state index in [1.165, 1.54) is 23.3 Å². The molecule has 3 nitrogen and oxygen atoms in total. The number of hydrogen-bond acceptors (Lipinski definition) is 3. The summed E-state index contributed by atoms with van der Waals surface area (Å²) in [4.78, 5) is -0.114. The van der Waals surface area contributed by atoms with Crippen LogP contribution in [0.1, 0.15) is 52.7 Å². The second-order valence-corrected chi connectivity index (χ2v) is 17.2. The molecule has 0 heterocycles. The van der Waals surface area contributed by atoms with Crippen LogP contribution in [0.3, 0.4) is 0 Å². The third kappa shape index (κ3) is 6.51. The van der Waals surface area contributed by atoms with Crippen molar-refractivity contribution in [3.05, 3.63) is 95.0 Å². The number of halogens is 3. The first-order chi connectivity index (χ1) is 15.2. The molecular weight excluding hydrogens is 590 g/mol. The molecule has 0 saturated carbocycles. The fourth-order valence-electron chi connectivity index (χ4n) is 3.11. The van der Waals surface area contributed by atoms with Crippen molar-refractivity contribution in [3.63, 3.8) is 0 Å². The molecule has 0 unspecified atom stereocenters. The van der Waals surface area contributed by atoms with E-state index in [9.17, 15) is 8.42 Å². The van der Waals surface area contributed by atoms with Gasteiger partial charge in [-0.3, -0.25) is 0 Å². The first kappa shape index (κ1) is 26.5. The highest BCUT2D eigenvalue weighted by atomic mass is 127. The van der Waals surface area contributed by atoms with Crippen LogP contribution in [0, 0.1) is 7.14 Å². The van der Waals surface area contributed by atoms with Gasteiger partial charge < -0.3 is 0 Å². The van der Waals surface area contributed by atoms with Gasteiger partial charge in [-0.25, -0.2) is 0 Å². The Hall–Kier alpha value is -1.12. The summed E-state index contributed by atoms with van der Waals surface area (Å²) in [6.07, 6.45) is 0. The van der Waals surface area contributed by atoms with E-state index < -0.39 is 30.4 Å². The lowest BCUT2D eigenvalue weighted by Crippen LogP contribution is -3.85. The molecule has 3 aromatic rings. The molecule has 0 aromatic heterocycles. The van der Waals surface area contributed by atoms with Crippen molar-refractivity contribution in [2.75, 3.05) is 0 Å². The predicted molar refractivity (Wildman–Crippen MR) is 132 cm³/mol. The quantitative estimate of drug-likeness (QED) is 0.394. The maximum atomic E-state index is 13.3. The number of benzene rings is 3. The zero-order chi connectivity index (χ0) is 24.6. The second kappa shape index (κ2) is 9.86. The first-order valence-corrected chi connectivity index (χ1v) is 15.7. The molecule has 0 aliphatic heterocycles. The van der Waals surface area contributed by atoms with Crippen molar-refractivity contribution < 1.29 is 31.2 Å². The molecule has 177 valence electrons. The van der Waals surface area contributed by atoms with Gasteiger partial charge in [0.1, 0.15) is 4.90 Å². The normalized spacial score (nSPS) is 12.9.